The van der Waals surface area contributed by atoms with E-state index in [9.17, 15) is 0 Å². The third-order valence-corrected chi connectivity index (χ3v) is 14.2. The summed E-state index contributed by atoms with van der Waals surface area (Å²) >= 11 is 0. The van der Waals surface area contributed by atoms with Crippen LogP contribution in [-0.2, 0) is 5.41 Å². The minimum atomic E-state index is -0.644. The van der Waals surface area contributed by atoms with E-state index in [0.29, 0.717) is 17.5 Å². The standard InChI is InChI=1S/C64H39N3O/c1-3-18-40(19-4-1)43-36-44(41-20-5-2-6-21-41)38-45(37-43)62-65-61(42-34-35-59-53(39-42)50-26-12-16-33-58(50)68-59)66-63(67-62)52-28-17-32-57-60(52)51-27-11-15-31-56(51)64(57)54-29-13-9-24-48(54)46-22-7-8-23-47(46)49-25-10-14-30-55(49)64/h1-39H. The van der Waals surface area contributed by atoms with Gasteiger partial charge in [-0.1, -0.05) is 194 Å². The Morgan fingerprint density at radius 2 is 0.721 bits per heavy atom. The second kappa shape index (κ2) is 15.0. The van der Waals surface area contributed by atoms with Crippen molar-refractivity contribution in [1.82, 2.24) is 15.0 Å². The van der Waals surface area contributed by atoms with Gasteiger partial charge in [0.2, 0.25) is 0 Å². The zero-order chi connectivity index (χ0) is 44.8. The zero-order valence-corrected chi connectivity index (χ0v) is 36.8. The van der Waals surface area contributed by atoms with Gasteiger partial charge < -0.3 is 4.42 Å². The average molecular weight is 866 g/mol. The van der Waals surface area contributed by atoms with Gasteiger partial charge in [0.25, 0.3) is 0 Å². The first kappa shape index (κ1) is 38.3. The monoisotopic (exact) mass is 865 g/mol. The maximum atomic E-state index is 6.30. The Morgan fingerprint density at radius 3 is 1.37 bits per heavy atom. The molecule has 1 spiro atoms. The van der Waals surface area contributed by atoms with Gasteiger partial charge >= 0.3 is 0 Å². The summed E-state index contributed by atoms with van der Waals surface area (Å²) in [6.07, 6.45) is 0. The van der Waals surface area contributed by atoms with Crippen molar-refractivity contribution in [3.05, 3.63) is 259 Å². The Hall–Kier alpha value is -8.99. The highest BCUT2D eigenvalue weighted by Crippen LogP contribution is 2.62. The van der Waals surface area contributed by atoms with Crippen LogP contribution in [0.15, 0.2) is 241 Å². The number of hydrogen-bond donors (Lipinski definition) is 0. The van der Waals surface area contributed by atoms with Crippen LogP contribution >= 0.6 is 0 Å². The second-order valence-electron chi connectivity index (χ2n) is 17.8. The van der Waals surface area contributed by atoms with Crippen molar-refractivity contribution >= 4 is 21.9 Å². The highest BCUT2D eigenvalue weighted by molar-refractivity contribution is 6.06. The summed E-state index contributed by atoms with van der Waals surface area (Å²) in [6, 6.07) is 84.8. The first-order valence-electron chi connectivity index (χ1n) is 23.2. The van der Waals surface area contributed by atoms with Gasteiger partial charge in [-0.25, -0.2) is 15.0 Å². The molecule has 2 heterocycles. The van der Waals surface area contributed by atoms with Gasteiger partial charge in [-0.05, 0) is 120 Å². The molecule has 68 heavy (non-hydrogen) atoms. The Labute approximate surface area is 393 Å². The molecule has 0 unspecified atom stereocenters. The van der Waals surface area contributed by atoms with Gasteiger partial charge in [-0.3, -0.25) is 0 Å². The maximum absolute atomic E-state index is 6.30. The van der Waals surface area contributed by atoms with Crippen molar-refractivity contribution in [2.45, 2.75) is 5.41 Å². The van der Waals surface area contributed by atoms with Crippen molar-refractivity contribution in [2.24, 2.45) is 0 Å². The summed E-state index contributed by atoms with van der Waals surface area (Å²) in [7, 11) is 0. The zero-order valence-electron chi connectivity index (χ0n) is 36.8. The van der Waals surface area contributed by atoms with Crippen molar-refractivity contribution in [3.8, 4) is 89.8 Å². The van der Waals surface area contributed by atoms with Gasteiger partial charge in [0.05, 0.1) is 5.41 Å². The molecule has 2 aliphatic rings. The van der Waals surface area contributed by atoms with E-state index in [1.807, 2.05) is 18.2 Å². The molecule has 0 saturated carbocycles. The van der Waals surface area contributed by atoms with Crippen LogP contribution in [0.3, 0.4) is 0 Å². The molecule has 12 aromatic rings. The molecular formula is C64H39N3O. The quantitative estimate of drug-likeness (QED) is 0.173. The van der Waals surface area contributed by atoms with Crippen LogP contribution in [0.5, 0.6) is 0 Å². The molecular weight excluding hydrogens is 827 g/mol. The van der Waals surface area contributed by atoms with Gasteiger partial charge in [0, 0.05) is 27.5 Å². The van der Waals surface area contributed by atoms with E-state index >= 15 is 0 Å². The largest absolute Gasteiger partial charge is 0.456 e. The molecule has 0 amide bonds. The van der Waals surface area contributed by atoms with Crippen LogP contribution in [0.2, 0.25) is 0 Å². The highest BCUT2D eigenvalue weighted by atomic mass is 16.3. The normalized spacial score (nSPS) is 12.8. The Kier molecular flexibility index (Phi) is 8.46. The predicted octanol–water partition coefficient (Wildman–Crippen LogP) is 16.1. The SMILES string of the molecule is c1ccc(-c2cc(-c3ccccc3)cc(-c3nc(-c4ccc5oc6ccccc6c5c4)nc(-c4cccc5c4-c4ccccc4C54c5ccccc5-c5ccccc5-c5ccccc54)n3)c2)cc1. The minimum absolute atomic E-state index is 0.586. The van der Waals surface area contributed by atoms with E-state index in [0.717, 1.165) is 66.4 Å². The Bertz CT molecular complexity index is 3860. The van der Waals surface area contributed by atoms with Crippen molar-refractivity contribution in [3.63, 3.8) is 0 Å². The molecule has 2 aromatic heterocycles. The van der Waals surface area contributed by atoms with Crippen molar-refractivity contribution in [1.29, 1.82) is 0 Å². The lowest BCUT2D eigenvalue weighted by molar-refractivity contribution is 0.669. The molecule has 14 rings (SSSR count). The van der Waals surface area contributed by atoms with E-state index in [4.69, 9.17) is 19.4 Å². The number of hydrogen-bond acceptors (Lipinski definition) is 4. The summed E-state index contributed by atoms with van der Waals surface area (Å²) in [5.41, 5.74) is 20.3. The third-order valence-electron chi connectivity index (χ3n) is 14.2. The van der Waals surface area contributed by atoms with E-state index < -0.39 is 5.41 Å². The number of rotatable bonds is 5. The van der Waals surface area contributed by atoms with E-state index in [1.165, 1.54) is 50.1 Å². The van der Waals surface area contributed by atoms with Crippen LogP contribution in [0.25, 0.3) is 112 Å². The second-order valence-corrected chi connectivity index (χ2v) is 17.8. The summed E-state index contributed by atoms with van der Waals surface area (Å²) in [6.45, 7) is 0. The number of nitrogens with zero attached hydrogens (tertiary/aromatic N) is 3. The lowest BCUT2D eigenvalue weighted by atomic mass is 9.66. The molecule has 4 heteroatoms. The molecule has 4 nitrogen and oxygen atoms in total. The molecule has 2 aliphatic carbocycles. The molecule has 0 aliphatic heterocycles. The van der Waals surface area contributed by atoms with Gasteiger partial charge in [0.1, 0.15) is 11.2 Å². The molecule has 316 valence electrons. The van der Waals surface area contributed by atoms with Gasteiger partial charge in [-0.2, -0.15) is 0 Å². The molecule has 10 aromatic carbocycles. The first-order chi connectivity index (χ1) is 33.7. The minimum Gasteiger partial charge on any atom is -0.456 e. The van der Waals surface area contributed by atoms with Crippen molar-refractivity contribution < 1.29 is 4.42 Å². The number of para-hydroxylation sites is 1. The fourth-order valence-electron chi connectivity index (χ4n) is 11.3. The number of fused-ring (bicyclic) bond motifs is 15. The van der Waals surface area contributed by atoms with Crippen LogP contribution in [0, 0.1) is 0 Å². The van der Waals surface area contributed by atoms with Gasteiger partial charge in [-0.15, -0.1) is 0 Å². The fraction of sp³-hybridized carbons (Fsp3) is 0.0156. The predicted molar refractivity (Wildman–Crippen MR) is 276 cm³/mol. The molecule has 0 fully saturated rings. The summed E-state index contributed by atoms with van der Waals surface area (Å²) in [5.74, 6) is 1.79. The molecule has 0 N–H and O–H groups in total. The Balaban J connectivity index is 1.06. The molecule has 0 radical (unpaired) electrons. The smallest absolute Gasteiger partial charge is 0.164 e. The summed E-state index contributed by atoms with van der Waals surface area (Å²) in [4.78, 5) is 16.5. The number of furan rings is 1. The topological polar surface area (TPSA) is 51.8 Å². The molecule has 0 bridgehead atoms. The Morgan fingerprint density at radius 1 is 0.265 bits per heavy atom. The van der Waals surface area contributed by atoms with Crippen LogP contribution in [0.1, 0.15) is 22.3 Å². The van der Waals surface area contributed by atoms with Crippen LogP contribution < -0.4 is 0 Å². The molecule has 0 saturated heterocycles. The maximum Gasteiger partial charge on any atom is 0.164 e. The van der Waals surface area contributed by atoms with E-state index in [2.05, 4.69) is 218 Å². The molecule has 0 atom stereocenters. The third kappa shape index (κ3) is 5.71. The van der Waals surface area contributed by atoms with E-state index in [-0.39, 0.29) is 0 Å². The van der Waals surface area contributed by atoms with Gasteiger partial charge in [0.15, 0.2) is 17.5 Å². The summed E-state index contributed by atoms with van der Waals surface area (Å²) in [5, 5.41) is 2.07. The number of aromatic nitrogens is 3. The van der Waals surface area contributed by atoms with E-state index in [1.54, 1.807) is 0 Å². The van der Waals surface area contributed by atoms with Crippen molar-refractivity contribution in [2.75, 3.05) is 0 Å². The highest BCUT2D eigenvalue weighted by Gasteiger charge is 2.50. The lowest BCUT2D eigenvalue weighted by Crippen LogP contribution is -2.29. The van der Waals surface area contributed by atoms with Crippen LogP contribution in [0.4, 0.5) is 0 Å². The average Bonchev–Trinajstić information content (AvgIpc) is 3.91. The summed E-state index contributed by atoms with van der Waals surface area (Å²) < 4.78 is 6.30. The first-order valence-corrected chi connectivity index (χ1v) is 23.2. The number of benzene rings is 10. The lowest BCUT2D eigenvalue weighted by Gasteiger charge is -2.35. The fourth-order valence-corrected chi connectivity index (χ4v) is 11.3. The van der Waals surface area contributed by atoms with Crippen LogP contribution in [-0.4, -0.2) is 15.0 Å².